The average molecular weight is 283 g/mol. The first-order valence-corrected chi connectivity index (χ1v) is 8.94. The molecule has 4 aliphatic carbocycles. The summed E-state index contributed by atoms with van der Waals surface area (Å²) in [4.78, 5) is 0. The molecule has 4 saturated carbocycles. The first-order valence-electron chi connectivity index (χ1n) is 8.94. The highest BCUT2D eigenvalue weighted by Crippen LogP contribution is 2.67. The van der Waals surface area contributed by atoms with E-state index in [0.717, 1.165) is 30.1 Å². The molecule has 4 unspecified atom stereocenters. The zero-order valence-corrected chi connectivity index (χ0v) is 13.5. The lowest BCUT2D eigenvalue weighted by Gasteiger charge is -2.63. The lowest BCUT2D eigenvalue weighted by molar-refractivity contribution is -0.0898. The van der Waals surface area contributed by atoms with Gasteiger partial charge >= 0.3 is 0 Å². The van der Waals surface area contributed by atoms with Crippen molar-refractivity contribution in [3.8, 4) is 0 Å². The minimum atomic E-state index is 0.386. The van der Waals surface area contributed by atoms with Gasteiger partial charge in [0.2, 0.25) is 0 Å². The van der Waals surface area contributed by atoms with Crippen molar-refractivity contribution in [1.82, 2.24) is 0 Å². The van der Waals surface area contributed by atoms with Crippen LogP contribution in [0.1, 0.15) is 62.5 Å². The molecule has 1 aromatic rings. The van der Waals surface area contributed by atoms with Gasteiger partial charge in [0.25, 0.3) is 0 Å². The minimum absolute atomic E-state index is 0.386. The molecule has 5 rings (SSSR count). The molecule has 1 nitrogen and oxygen atoms in total. The van der Waals surface area contributed by atoms with Crippen molar-refractivity contribution < 1.29 is 0 Å². The van der Waals surface area contributed by atoms with E-state index < -0.39 is 0 Å². The SMILES string of the molecule is CCC(N)C12CC3CC(CC(C3)C1c1cccc(C)c1)C2. The van der Waals surface area contributed by atoms with Crippen LogP contribution >= 0.6 is 0 Å². The molecule has 4 atom stereocenters. The molecule has 0 heterocycles. The third-order valence-electron chi connectivity index (χ3n) is 6.95. The summed E-state index contributed by atoms with van der Waals surface area (Å²) < 4.78 is 0. The summed E-state index contributed by atoms with van der Waals surface area (Å²) in [6.07, 6.45) is 8.35. The van der Waals surface area contributed by atoms with E-state index in [0.29, 0.717) is 11.5 Å². The number of rotatable bonds is 3. The Labute approximate surface area is 129 Å². The number of nitrogens with two attached hydrogens (primary N) is 1. The molecule has 4 aliphatic rings. The third-order valence-corrected chi connectivity index (χ3v) is 6.95. The molecule has 4 bridgehead atoms. The van der Waals surface area contributed by atoms with Crippen molar-refractivity contribution in [1.29, 1.82) is 0 Å². The molecule has 0 saturated heterocycles. The maximum atomic E-state index is 6.74. The van der Waals surface area contributed by atoms with Gasteiger partial charge in [0.15, 0.2) is 0 Å². The summed E-state index contributed by atoms with van der Waals surface area (Å²) in [7, 11) is 0. The van der Waals surface area contributed by atoms with Crippen LogP contribution in [0, 0.1) is 30.1 Å². The standard InChI is InChI=1S/C20H29N/c1-3-18(21)20-11-14-8-15(12-20)10-17(9-14)19(20)16-6-4-5-13(2)7-16/h4-7,14-15,17-19H,3,8-12,21H2,1-2H3. The van der Waals surface area contributed by atoms with Gasteiger partial charge in [-0.05, 0) is 80.1 Å². The molecule has 0 amide bonds. The van der Waals surface area contributed by atoms with E-state index in [1.54, 1.807) is 5.56 Å². The second-order valence-electron chi connectivity index (χ2n) is 8.25. The maximum absolute atomic E-state index is 6.74. The van der Waals surface area contributed by atoms with Crippen molar-refractivity contribution >= 4 is 0 Å². The van der Waals surface area contributed by atoms with E-state index >= 15 is 0 Å². The van der Waals surface area contributed by atoms with Crippen LogP contribution in [0.15, 0.2) is 24.3 Å². The Hall–Kier alpha value is -0.820. The smallest absolute Gasteiger partial charge is 0.00991 e. The van der Waals surface area contributed by atoms with Crippen LogP contribution in [-0.2, 0) is 0 Å². The molecule has 4 fully saturated rings. The van der Waals surface area contributed by atoms with E-state index in [1.165, 1.54) is 37.7 Å². The van der Waals surface area contributed by atoms with E-state index in [-0.39, 0.29) is 0 Å². The van der Waals surface area contributed by atoms with Crippen molar-refractivity contribution in [3.05, 3.63) is 35.4 Å². The topological polar surface area (TPSA) is 26.0 Å². The molecule has 21 heavy (non-hydrogen) atoms. The van der Waals surface area contributed by atoms with Crippen molar-refractivity contribution in [3.63, 3.8) is 0 Å². The highest BCUT2D eigenvalue weighted by molar-refractivity contribution is 5.31. The molecule has 2 N–H and O–H groups in total. The zero-order chi connectivity index (χ0) is 14.6. The van der Waals surface area contributed by atoms with Gasteiger partial charge in [0.05, 0.1) is 0 Å². The summed E-state index contributed by atoms with van der Waals surface area (Å²) in [6.45, 7) is 4.52. The Morgan fingerprint density at radius 2 is 1.90 bits per heavy atom. The molecule has 0 aromatic heterocycles. The Morgan fingerprint density at radius 3 is 2.52 bits per heavy atom. The Kier molecular flexibility index (Phi) is 3.19. The van der Waals surface area contributed by atoms with Gasteiger partial charge in [-0.25, -0.2) is 0 Å². The van der Waals surface area contributed by atoms with Gasteiger partial charge in [0.1, 0.15) is 0 Å². The van der Waals surface area contributed by atoms with Crippen molar-refractivity contribution in [2.45, 2.75) is 64.3 Å². The lowest BCUT2D eigenvalue weighted by Crippen LogP contribution is -2.58. The molecular formula is C20H29N. The summed E-state index contributed by atoms with van der Waals surface area (Å²) in [5.74, 6) is 3.57. The normalized spacial score (nSPS) is 42.2. The summed E-state index contributed by atoms with van der Waals surface area (Å²) in [5.41, 5.74) is 10.1. The number of benzene rings is 1. The summed E-state index contributed by atoms with van der Waals surface area (Å²) in [5, 5.41) is 0. The van der Waals surface area contributed by atoms with Crippen molar-refractivity contribution in [2.24, 2.45) is 28.9 Å². The van der Waals surface area contributed by atoms with Crippen LogP contribution in [0.3, 0.4) is 0 Å². The van der Waals surface area contributed by atoms with Gasteiger partial charge in [-0.15, -0.1) is 0 Å². The zero-order valence-electron chi connectivity index (χ0n) is 13.5. The van der Waals surface area contributed by atoms with E-state index in [2.05, 4.69) is 38.1 Å². The van der Waals surface area contributed by atoms with Gasteiger partial charge in [-0.3, -0.25) is 0 Å². The largest absolute Gasteiger partial charge is 0.327 e. The van der Waals surface area contributed by atoms with Crippen LogP contribution < -0.4 is 5.73 Å². The molecule has 0 spiro atoms. The van der Waals surface area contributed by atoms with Gasteiger partial charge < -0.3 is 5.73 Å². The Morgan fingerprint density at radius 1 is 1.19 bits per heavy atom. The molecule has 0 aliphatic heterocycles. The predicted octanol–water partition coefficient (Wildman–Crippen LogP) is 4.64. The maximum Gasteiger partial charge on any atom is 0.00991 e. The first-order chi connectivity index (χ1) is 10.1. The third kappa shape index (κ3) is 2.00. The van der Waals surface area contributed by atoms with Crippen LogP contribution in [0.4, 0.5) is 0 Å². The summed E-state index contributed by atoms with van der Waals surface area (Å²) in [6, 6.07) is 9.69. The average Bonchev–Trinajstić information content (AvgIpc) is 2.45. The van der Waals surface area contributed by atoms with Gasteiger partial charge in [0, 0.05) is 6.04 Å². The first kappa shape index (κ1) is 13.8. The molecular weight excluding hydrogens is 254 g/mol. The van der Waals surface area contributed by atoms with Crippen LogP contribution in [0.5, 0.6) is 0 Å². The second-order valence-corrected chi connectivity index (χ2v) is 8.25. The fourth-order valence-electron chi connectivity index (χ4n) is 6.51. The second kappa shape index (κ2) is 4.84. The predicted molar refractivity (Wildman–Crippen MR) is 88.2 cm³/mol. The van der Waals surface area contributed by atoms with Crippen LogP contribution in [-0.4, -0.2) is 6.04 Å². The lowest BCUT2D eigenvalue weighted by atomic mass is 9.42. The van der Waals surface area contributed by atoms with Crippen LogP contribution in [0.2, 0.25) is 0 Å². The highest BCUT2D eigenvalue weighted by Gasteiger charge is 2.59. The van der Waals surface area contributed by atoms with E-state index in [1.807, 2.05) is 0 Å². The Bertz CT molecular complexity index is 520. The molecule has 114 valence electrons. The molecule has 1 aromatic carbocycles. The monoisotopic (exact) mass is 283 g/mol. The van der Waals surface area contributed by atoms with Crippen LogP contribution in [0.25, 0.3) is 0 Å². The van der Waals surface area contributed by atoms with Gasteiger partial charge in [-0.2, -0.15) is 0 Å². The Balaban J connectivity index is 1.80. The fraction of sp³-hybridized carbons (Fsp3) is 0.700. The van der Waals surface area contributed by atoms with E-state index in [4.69, 9.17) is 5.73 Å². The fourth-order valence-corrected chi connectivity index (χ4v) is 6.51. The number of aryl methyl sites for hydroxylation is 1. The summed E-state index contributed by atoms with van der Waals surface area (Å²) >= 11 is 0. The number of hydrogen-bond acceptors (Lipinski definition) is 1. The molecule has 1 heteroatoms. The quantitative estimate of drug-likeness (QED) is 0.859. The molecule has 0 radical (unpaired) electrons. The highest BCUT2D eigenvalue weighted by atomic mass is 14.8. The van der Waals surface area contributed by atoms with Crippen molar-refractivity contribution in [2.75, 3.05) is 0 Å². The van der Waals surface area contributed by atoms with E-state index in [9.17, 15) is 0 Å². The minimum Gasteiger partial charge on any atom is -0.327 e. The number of hydrogen-bond donors (Lipinski definition) is 1. The van der Waals surface area contributed by atoms with Gasteiger partial charge in [-0.1, -0.05) is 36.8 Å².